The topological polar surface area (TPSA) is 97.3 Å². The first-order chi connectivity index (χ1) is 13.0. The van der Waals surface area contributed by atoms with Gasteiger partial charge >= 0.3 is 5.97 Å². The van der Waals surface area contributed by atoms with Crippen LogP contribution in [0.5, 0.6) is 5.75 Å². The summed E-state index contributed by atoms with van der Waals surface area (Å²) in [5.74, 6) is -2.10. The van der Waals surface area contributed by atoms with Gasteiger partial charge in [-0.3, -0.25) is 9.36 Å². The molecule has 0 fully saturated rings. The van der Waals surface area contributed by atoms with E-state index < -0.39 is 17.3 Å². The molecule has 0 unspecified atom stereocenters. The number of benzene rings is 1. The lowest BCUT2D eigenvalue weighted by Crippen LogP contribution is -2.22. The van der Waals surface area contributed by atoms with Gasteiger partial charge in [-0.2, -0.15) is 5.10 Å². The second kappa shape index (κ2) is 6.57. The van der Waals surface area contributed by atoms with Crippen LogP contribution in [-0.4, -0.2) is 30.5 Å². The molecule has 0 aliphatic heterocycles. The summed E-state index contributed by atoms with van der Waals surface area (Å²) in [6, 6.07) is 8.79. The van der Waals surface area contributed by atoms with E-state index in [1.807, 2.05) is 12.1 Å². The summed E-state index contributed by atoms with van der Waals surface area (Å²) < 4.78 is 3.34. The summed E-state index contributed by atoms with van der Waals surface area (Å²) in [6.45, 7) is 0.146. The van der Waals surface area contributed by atoms with Crippen LogP contribution in [0.15, 0.2) is 52.9 Å². The lowest BCUT2D eigenvalue weighted by molar-refractivity contribution is 0.0695. The van der Waals surface area contributed by atoms with Gasteiger partial charge in [0, 0.05) is 16.8 Å². The van der Waals surface area contributed by atoms with Gasteiger partial charge in [0.2, 0.25) is 0 Å². The van der Waals surface area contributed by atoms with Crippen molar-refractivity contribution >= 4 is 39.1 Å². The van der Waals surface area contributed by atoms with Crippen LogP contribution in [0, 0.1) is 0 Å². The summed E-state index contributed by atoms with van der Waals surface area (Å²) in [4.78, 5) is 24.0. The molecule has 3 heterocycles. The van der Waals surface area contributed by atoms with Crippen molar-refractivity contribution in [3.63, 3.8) is 0 Å². The molecule has 4 aromatic rings. The second-order valence-corrected chi connectivity index (χ2v) is 7.18. The third-order valence-electron chi connectivity index (χ3n) is 4.13. The molecule has 0 bridgehead atoms. The van der Waals surface area contributed by atoms with Gasteiger partial charge in [-0.15, -0.1) is 11.3 Å². The normalized spacial score (nSPS) is 11.1. The molecular formula is C18H12ClN3O4S. The Morgan fingerprint density at radius 1 is 1.22 bits per heavy atom. The molecular weight excluding hydrogens is 390 g/mol. The van der Waals surface area contributed by atoms with E-state index in [1.165, 1.54) is 4.57 Å². The molecule has 0 amide bonds. The van der Waals surface area contributed by atoms with Crippen molar-refractivity contribution < 1.29 is 15.0 Å². The van der Waals surface area contributed by atoms with E-state index in [1.54, 1.807) is 40.7 Å². The second-order valence-electron chi connectivity index (χ2n) is 5.82. The summed E-state index contributed by atoms with van der Waals surface area (Å²) in [7, 11) is 0. The number of pyridine rings is 1. The van der Waals surface area contributed by atoms with Crippen LogP contribution in [0.25, 0.3) is 15.9 Å². The first-order valence-corrected chi connectivity index (χ1v) is 9.07. The maximum Gasteiger partial charge on any atom is 0.341 e. The maximum atomic E-state index is 12.5. The molecule has 0 aliphatic rings. The first kappa shape index (κ1) is 17.3. The van der Waals surface area contributed by atoms with Gasteiger partial charge < -0.3 is 10.2 Å². The quantitative estimate of drug-likeness (QED) is 0.546. The number of nitrogens with zero attached hydrogens (tertiary/aromatic N) is 3. The smallest absolute Gasteiger partial charge is 0.341 e. The minimum absolute atomic E-state index is 0.146. The molecule has 0 aliphatic carbocycles. The van der Waals surface area contributed by atoms with Crippen LogP contribution in [0.3, 0.4) is 0 Å². The largest absolute Gasteiger partial charge is 0.502 e. The summed E-state index contributed by atoms with van der Waals surface area (Å²) in [6.07, 6.45) is 3.37. The number of aromatic carboxylic acids is 1. The van der Waals surface area contributed by atoms with Crippen LogP contribution in [0.2, 0.25) is 5.02 Å². The van der Waals surface area contributed by atoms with Gasteiger partial charge in [-0.25, -0.2) is 9.48 Å². The highest BCUT2D eigenvalue weighted by atomic mass is 35.5. The molecule has 0 radical (unpaired) electrons. The fraction of sp³-hybridized carbons (Fsp3) is 0.0556. The van der Waals surface area contributed by atoms with Crippen molar-refractivity contribution in [3.8, 4) is 11.4 Å². The Kier molecular flexibility index (Phi) is 4.21. The fourth-order valence-corrected chi connectivity index (χ4v) is 3.93. The number of carbonyl (C=O) groups is 1. The molecule has 4 rings (SSSR count). The van der Waals surface area contributed by atoms with E-state index in [0.717, 1.165) is 22.6 Å². The lowest BCUT2D eigenvalue weighted by atomic mass is 10.2. The zero-order valence-corrected chi connectivity index (χ0v) is 15.2. The summed E-state index contributed by atoms with van der Waals surface area (Å²) in [5, 5.41) is 26.0. The highest BCUT2D eigenvalue weighted by molar-refractivity contribution is 7.17. The van der Waals surface area contributed by atoms with Gasteiger partial charge in [0.1, 0.15) is 5.56 Å². The van der Waals surface area contributed by atoms with Crippen molar-refractivity contribution in [3.05, 3.63) is 74.6 Å². The van der Waals surface area contributed by atoms with Crippen molar-refractivity contribution in [1.82, 2.24) is 14.3 Å². The zero-order valence-electron chi connectivity index (χ0n) is 13.7. The van der Waals surface area contributed by atoms with E-state index in [9.17, 15) is 19.8 Å². The van der Waals surface area contributed by atoms with Crippen LogP contribution >= 0.6 is 22.9 Å². The molecule has 136 valence electrons. The molecule has 2 N–H and O–H groups in total. The van der Waals surface area contributed by atoms with Crippen molar-refractivity contribution in [2.75, 3.05) is 0 Å². The van der Waals surface area contributed by atoms with Gasteiger partial charge in [0.05, 0.1) is 28.6 Å². The lowest BCUT2D eigenvalue weighted by Gasteiger charge is -2.09. The molecule has 7 nitrogen and oxygen atoms in total. The molecule has 3 aromatic heterocycles. The van der Waals surface area contributed by atoms with E-state index in [4.69, 9.17) is 11.6 Å². The molecule has 0 saturated heterocycles. The maximum absolute atomic E-state index is 12.5. The molecule has 0 saturated carbocycles. The fourth-order valence-electron chi connectivity index (χ4n) is 2.87. The van der Waals surface area contributed by atoms with Crippen LogP contribution in [0.1, 0.15) is 15.9 Å². The summed E-state index contributed by atoms with van der Waals surface area (Å²) in [5.41, 5.74) is 0.875. The SMILES string of the molecule is O=C(O)c1c(O)c(=O)n(Cc2cnn(-c3ccc(Cl)cc3)c2)c2ccsc12. The number of hydrogen-bond acceptors (Lipinski definition) is 5. The van der Waals surface area contributed by atoms with Crippen LogP contribution in [-0.2, 0) is 6.54 Å². The molecule has 1 aromatic carbocycles. The Balaban J connectivity index is 1.77. The van der Waals surface area contributed by atoms with Crippen LogP contribution < -0.4 is 5.56 Å². The van der Waals surface area contributed by atoms with Gasteiger partial charge in [0.15, 0.2) is 5.75 Å². The Labute approximate surface area is 161 Å². The number of halogens is 1. The van der Waals surface area contributed by atoms with Crippen molar-refractivity contribution in [2.24, 2.45) is 0 Å². The third kappa shape index (κ3) is 2.98. The summed E-state index contributed by atoms with van der Waals surface area (Å²) >= 11 is 7.05. The molecule has 27 heavy (non-hydrogen) atoms. The van der Waals surface area contributed by atoms with Crippen LogP contribution in [0.4, 0.5) is 0 Å². The monoisotopic (exact) mass is 401 g/mol. The number of aromatic nitrogens is 3. The average molecular weight is 402 g/mol. The zero-order chi connectivity index (χ0) is 19.1. The number of carboxylic acids is 1. The Morgan fingerprint density at radius 3 is 2.67 bits per heavy atom. The third-order valence-corrected chi connectivity index (χ3v) is 5.30. The minimum Gasteiger partial charge on any atom is -0.502 e. The predicted molar refractivity (Wildman–Crippen MR) is 102 cm³/mol. The van der Waals surface area contributed by atoms with Gasteiger partial charge in [-0.1, -0.05) is 11.6 Å². The highest BCUT2D eigenvalue weighted by Crippen LogP contribution is 2.29. The average Bonchev–Trinajstić information content (AvgIpc) is 3.29. The number of carboxylic acid groups (broad SMARTS) is 1. The number of fused-ring (bicyclic) bond motifs is 1. The van der Waals surface area contributed by atoms with Crippen molar-refractivity contribution in [2.45, 2.75) is 6.54 Å². The van der Waals surface area contributed by atoms with E-state index in [2.05, 4.69) is 5.10 Å². The van der Waals surface area contributed by atoms with Crippen molar-refractivity contribution in [1.29, 1.82) is 0 Å². The van der Waals surface area contributed by atoms with Gasteiger partial charge in [0.25, 0.3) is 5.56 Å². The predicted octanol–water partition coefficient (Wildman–Crippen LogP) is 3.35. The standard InChI is InChI=1S/C18H12ClN3O4S/c19-11-1-3-12(4-2-11)22-9-10(7-20-22)8-21-13-5-6-27-16(13)14(18(25)26)15(23)17(21)24/h1-7,9,23H,8H2,(H,25,26). The van der Waals surface area contributed by atoms with E-state index in [0.29, 0.717) is 15.2 Å². The van der Waals surface area contributed by atoms with E-state index in [-0.39, 0.29) is 12.1 Å². The number of rotatable bonds is 4. The number of aromatic hydroxyl groups is 1. The minimum atomic E-state index is -1.33. The van der Waals surface area contributed by atoms with E-state index >= 15 is 0 Å². The Bertz CT molecular complexity index is 1220. The molecule has 0 spiro atoms. The molecule has 9 heteroatoms. The molecule has 0 atom stereocenters. The number of thiophene rings is 1. The Hall–Kier alpha value is -3.10. The number of hydrogen-bond donors (Lipinski definition) is 2. The highest BCUT2D eigenvalue weighted by Gasteiger charge is 2.22. The first-order valence-electron chi connectivity index (χ1n) is 7.81. The Morgan fingerprint density at radius 2 is 1.96 bits per heavy atom. The van der Waals surface area contributed by atoms with Gasteiger partial charge in [-0.05, 0) is 35.7 Å².